The lowest BCUT2D eigenvalue weighted by molar-refractivity contribution is 0.0793. The topological polar surface area (TPSA) is 32.3 Å². The van der Waals surface area contributed by atoms with E-state index in [1.54, 1.807) is 0 Å². The molecule has 1 aromatic rings. The maximum atomic E-state index is 12.4. The molecular formula is C16H26N2O. The zero-order valence-electron chi connectivity index (χ0n) is 12.6. The van der Waals surface area contributed by atoms with E-state index in [9.17, 15) is 4.79 Å². The molecule has 0 fully saturated rings. The van der Waals surface area contributed by atoms with Crippen molar-refractivity contribution in [2.75, 3.05) is 25.5 Å². The quantitative estimate of drug-likeness (QED) is 0.760. The molecule has 3 nitrogen and oxygen atoms in total. The van der Waals surface area contributed by atoms with Gasteiger partial charge in [0.2, 0.25) is 0 Å². The Balaban J connectivity index is 2.80. The molecule has 19 heavy (non-hydrogen) atoms. The van der Waals surface area contributed by atoms with Crippen LogP contribution in [0.2, 0.25) is 0 Å². The van der Waals surface area contributed by atoms with Crippen molar-refractivity contribution in [3.8, 4) is 0 Å². The van der Waals surface area contributed by atoms with Gasteiger partial charge in [0.1, 0.15) is 0 Å². The lowest BCUT2D eigenvalue weighted by atomic mass is 10.1. The largest absolute Gasteiger partial charge is 0.385 e. The third kappa shape index (κ3) is 4.58. The molecule has 0 bridgehead atoms. The highest BCUT2D eigenvalue weighted by molar-refractivity contribution is 5.99. The number of nitrogens with zero attached hydrogens (tertiary/aromatic N) is 1. The van der Waals surface area contributed by atoms with Crippen molar-refractivity contribution in [1.29, 1.82) is 0 Å². The van der Waals surface area contributed by atoms with Crippen LogP contribution in [-0.2, 0) is 0 Å². The third-order valence-electron chi connectivity index (χ3n) is 3.22. The van der Waals surface area contributed by atoms with Gasteiger partial charge in [-0.05, 0) is 38.0 Å². The Labute approximate surface area is 117 Å². The van der Waals surface area contributed by atoms with E-state index in [2.05, 4.69) is 12.2 Å². The summed E-state index contributed by atoms with van der Waals surface area (Å²) < 4.78 is 0. The van der Waals surface area contributed by atoms with E-state index in [4.69, 9.17) is 0 Å². The average molecular weight is 262 g/mol. The van der Waals surface area contributed by atoms with Gasteiger partial charge in [0.25, 0.3) is 5.91 Å². The fourth-order valence-corrected chi connectivity index (χ4v) is 2.09. The SMILES string of the molecule is CCCCCN(C)C(=O)c1ccc(C)cc1NCC. The van der Waals surface area contributed by atoms with Crippen LogP contribution in [0.4, 0.5) is 5.69 Å². The molecule has 3 heteroatoms. The van der Waals surface area contributed by atoms with E-state index in [-0.39, 0.29) is 5.91 Å². The van der Waals surface area contributed by atoms with Crippen molar-refractivity contribution in [3.63, 3.8) is 0 Å². The van der Waals surface area contributed by atoms with Gasteiger partial charge in [-0.15, -0.1) is 0 Å². The van der Waals surface area contributed by atoms with Gasteiger partial charge >= 0.3 is 0 Å². The number of rotatable bonds is 7. The monoisotopic (exact) mass is 262 g/mol. The number of aryl methyl sites for hydroxylation is 1. The molecule has 106 valence electrons. The van der Waals surface area contributed by atoms with E-state index >= 15 is 0 Å². The second-order valence-electron chi connectivity index (χ2n) is 5.01. The molecule has 1 N–H and O–H groups in total. The highest BCUT2D eigenvalue weighted by atomic mass is 16.2. The molecule has 0 unspecified atom stereocenters. The van der Waals surface area contributed by atoms with Gasteiger partial charge in [-0.25, -0.2) is 0 Å². The van der Waals surface area contributed by atoms with Crippen LogP contribution in [0.15, 0.2) is 18.2 Å². The molecule has 1 amide bonds. The molecule has 1 rings (SSSR count). The number of carbonyl (C=O) groups is 1. The standard InChI is InChI=1S/C16H26N2O/c1-5-7-8-11-18(4)16(19)14-10-9-13(3)12-15(14)17-6-2/h9-10,12,17H,5-8,11H2,1-4H3. The predicted octanol–water partition coefficient (Wildman–Crippen LogP) is 3.69. The van der Waals surface area contributed by atoms with E-state index in [0.29, 0.717) is 0 Å². The van der Waals surface area contributed by atoms with Crippen LogP contribution in [0, 0.1) is 6.92 Å². The van der Waals surface area contributed by atoms with Crippen LogP contribution in [0.3, 0.4) is 0 Å². The van der Waals surface area contributed by atoms with Crippen molar-refractivity contribution in [1.82, 2.24) is 4.90 Å². The summed E-state index contributed by atoms with van der Waals surface area (Å²) in [4.78, 5) is 14.3. The lowest BCUT2D eigenvalue weighted by Crippen LogP contribution is -2.28. The summed E-state index contributed by atoms with van der Waals surface area (Å²) in [5, 5.41) is 3.27. The van der Waals surface area contributed by atoms with Crippen LogP contribution in [0.1, 0.15) is 49.0 Å². The first-order valence-corrected chi connectivity index (χ1v) is 7.20. The number of hydrogen-bond donors (Lipinski definition) is 1. The minimum atomic E-state index is 0.104. The summed E-state index contributed by atoms with van der Waals surface area (Å²) >= 11 is 0. The van der Waals surface area contributed by atoms with Gasteiger partial charge in [-0.2, -0.15) is 0 Å². The molecule has 0 heterocycles. The minimum absolute atomic E-state index is 0.104. The number of amides is 1. The van der Waals surface area contributed by atoms with E-state index in [0.717, 1.165) is 30.8 Å². The molecule has 0 spiro atoms. The Morgan fingerprint density at radius 1 is 1.26 bits per heavy atom. The fraction of sp³-hybridized carbons (Fsp3) is 0.562. The first-order chi connectivity index (χ1) is 9.10. The summed E-state index contributed by atoms with van der Waals surface area (Å²) in [6, 6.07) is 5.95. The molecule has 0 aliphatic heterocycles. The molecule has 0 aliphatic rings. The number of nitrogens with one attached hydrogen (secondary N) is 1. The molecule has 0 radical (unpaired) electrons. The van der Waals surface area contributed by atoms with Crippen molar-refractivity contribution < 1.29 is 4.79 Å². The summed E-state index contributed by atoms with van der Waals surface area (Å²) in [7, 11) is 1.88. The van der Waals surface area contributed by atoms with Crippen LogP contribution < -0.4 is 5.32 Å². The number of benzene rings is 1. The van der Waals surface area contributed by atoms with Crippen LogP contribution in [0.5, 0.6) is 0 Å². The zero-order valence-corrected chi connectivity index (χ0v) is 12.6. The Hall–Kier alpha value is -1.51. The average Bonchev–Trinajstić information content (AvgIpc) is 2.39. The number of hydrogen-bond acceptors (Lipinski definition) is 2. The summed E-state index contributed by atoms with van der Waals surface area (Å²) in [6.07, 6.45) is 3.42. The van der Waals surface area contributed by atoms with Crippen molar-refractivity contribution >= 4 is 11.6 Å². The van der Waals surface area contributed by atoms with Gasteiger partial charge in [-0.3, -0.25) is 4.79 Å². The van der Waals surface area contributed by atoms with E-state index in [1.807, 2.05) is 44.0 Å². The molecular weight excluding hydrogens is 236 g/mol. The van der Waals surface area contributed by atoms with Crippen LogP contribution in [0.25, 0.3) is 0 Å². The number of carbonyl (C=O) groups excluding carboxylic acids is 1. The predicted molar refractivity (Wildman–Crippen MR) is 81.8 cm³/mol. The first-order valence-electron chi connectivity index (χ1n) is 7.20. The van der Waals surface area contributed by atoms with Crippen LogP contribution in [-0.4, -0.2) is 30.9 Å². The fourth-order valence-electron chi connectivity index (χ4n) is 2.09. The Morgan fingerprint density at radius 3 is 2.63 bits per heavy atom. The van der Waals surface area contributed by atoms with Crippen molar-refractivity contribution in [2.24, 2.45) is 0 Å². The molecule has 0 aliphatic carbocycles. The van der Waals surface area contributed by atoms with Gasteiger partial charge in [0.05, 0.1) is 5.56 Å². The van der Waals surface area contributed by atoms with Gasteiger partial charge in [0, 0.05) is 25.8 Å². The van der Waals surface area contributed by atoms with E-state index < -0.39 is 0 Å². The van der Waals surface area contributed by atoms with Crippen molar-refractivity contribution in [3.05, 3.63) is 29.3 Å². The highest BCUT2D eigenvalue weighted by Gasteiger charge is 2.15. The normalized spacial score (nSPS) is 10.3. The Bertz CT molecular complexity index is 415. The maximum absolute atomic E-state index is 12.4. The number of unbranched alkanes of at least 4 members (excludes halogenated alkanes) is 2. The maximum Gasteiger partial charge on any atom is 0.255 e. The summed E-state index contributed by atoms with van der Waals surface area (Å²) in [5.74, 6) is 0.104. The van der Waals surface area contributed by atoms with E-state index in [1.165, 1.54) is 18.4 Å². The molecule has 0 atom stereocenters. The zero-order chi connectivity index (χ0) is 14.3. The van der Waals surface area contributed by atoms with Gasteiger partial charge in [0.15, 0.2) is 0 Å². The second kappa shape index (κ2) is 7.82. The lowest BCUT2D eigenvalue weighted by Gasteiger charge is -2.19. The highest BCUT2D eigenvalue weighted by Crippen LogP contribution is 2.19. The Morgan fingerprint density at radius 2 is 2.00 bits per heavy atom. The Kier molecular flexibility index (Phi) is 6.40. The molecule has 0 aromatic heterocycles. The summed E-state index contributed by atoms with van der Waals surface area (Å²) in [5.41, 5.74) is 2.88. The third-order valence-corrected chi connectivity index (χ3v) is 3.22. The molecule has 0 saturated carbocycles. The minimum Gasteiger partial charge on any atom is -0.385 e. The van der Waals surface area contributed by atoms with Gasteiger partial charge in [-0.1, -0.05) is 25.8 Å². The molecule has 0 saturated heterocycles. The molecule has 1 aromatic carbocycles. The smallest absolute Gasteiger partial charge is 0.255 e. The van der Waals surface area contributed by atoms with Crippen molar-refractivity contribution in [2.45, 2.75) is 40.0 Å². The summed E-state index contributed by atoms with van der Waals surface area (Å²) in [6.45, 7) is 7.90. The van der Waals surface area contributed by atoms with Crippen LogP contribution >= 0.6 is 0 Å². The second-order valence-corrected chi connectivity index (χ2v) is 5.01. The van der Waals surface area contributed by atoms with Gasteiger partial charge < -0.3 is 10.2 Å². The number of anilines is 1. The first kappa shape index (κ1) is 15.5.